The molecule has 0 amide bonds. The molecule has 0 radical (unpaired) electrons. The van der Waals surface area contributed by atoms with Gasteiger partial charge in [-0.05, 0) is 46.8 Å². The molecule has 1 atom stereocenters. The summed E-state index contributed by atoms with van der Waals surface area (Å²) >= 11 is -1.24. The van der Waals surface area contributed by atoms with Crippen molar-refractivity contribution in [2.45, 2.75) is 39.4 Å². The summed E-state index contributed by atoms with van der Waals surface area (Å²) in [6.07, 6.45) is 9.69. The van der Waals surface area contributed by atoms with Gasteiger partial charge in [0, 0.05) is 23.7 Å². The standard InChI is InChI=1S/C15H22N2OS/c1-7-10-17-11-14(9-8-12(17)2)13(3)16-19(18)15(4,5)6/h7-11H,2H2,1,3-6H3/b10-7-,16-13?. The van der Waals surface area contributed by atoms with Gasteiger partial charge in [0.2, 0.25) is 0 Å². The van der Waals surface area contributed by atoms with Crippen LogP contribution >= 0.6 is 0 Å². The Labute approximate surface area is 119 Å². The van der Waals surface area contributed by atoms with Crippen LogP contribution in [0, 0.1) is 0 Å². The summed E-state index contributed by atoms with van der Waals surface area (Å²) in [5.74, 6) is 0. The van der Waals surface area contributed by atoms with Crippen molar-refractivity contribution in [1.29, 1.82) is 0 Å². The quantitative estimate of drug-likeness (QED) is 0.583. The lowest BCUT2D eigenvalue weighted by Gasteiger charge is -2.22. The molecule has 1 aliphatic heterocycles. The maximum Gasteiger partial charge on any atom is 0.144 e. The Morgan fingerprint density at radius 3 is 2.58 bits per heavy atom. The molecule has 0 saturated carbocycles. The third-order valence-electron chi connectivity index (χ3n) is 2.54. The first-order chi connectivity index (χ1) is 8.75. The highest BCUT2D eigenvalue weighted by molar-refractivity contribution is 7.91. The Bertz CT molecular complexity index is 467. The van der Waals surface area contributed by atoms with Crippen molar-refractivity contribution in [2.24, 2.45) is 4.40 Å². The summed E-state index contributed by atoms with van der Waals surface area (Å²) in [7, 11) is 0. The van der Waals surface area contributed by atoms with Crippen molar-refractivity contribution < 1.29 is 4.55 Å². The number of hydrogen-bond donors (Lipinski definition) is 0. The van der Waals surface area contributed by atoms with Crippen LogP contribution in [-0.4, -0.2) is 19.9 Å². The normalized spacial score (nSPS) is 19.1. The number of allylic oxidation sites excluding steroid dienone is 4. The first-order valence-electron chi connectivity index (χ1n) is 6.23. The third-order valence-corrected chi connectivity index (χ3v) is 4.02. The molecule has 1 rings (SSSR count). The first kappa shape index (κ1) is 15.8. The predicted molar refractivity (Wildman–Crippen MR) is 84.0 cm³/mol. The summed E-state index contributed by atoms with van der Waals surface area (Å²) in [6.45, 7) is 13.5. The molecule has 0 aromatic rings. The van der Waals surface area contributed by atoms with Crippen LogP contribution in [0.4, 0.5) is 0 Å². The van der Waals surface area contributed by atoms with E-state index in [2.05, 4.69) is 11.0 Å². The van der Waals surface area contributed by atoms with Crippen molar-refractivity contribution in [3.63, 3.8) is 0 Å². The van der Waals surface area contributed by atoms with Crippen molar-refractivity contribution in [3.05, 3.63) is 48.5 Å². The fraction of sp³-hybridized carbons (Fsp3) is 0.400. The van der Waals surface area contributed by atoms with Gasteiger partial charge in [-0.1, -0.05) is 17.1 Å². The van der Waals surface area contributed by atoms with E-state index in [1.807, 2.05) is 70.1 Å². The zero-order valence-electron chi connectivity index (χ0n) is 12.3. The minimum absolute atomic E-state index is 0.340. The van der Waals surface area contributed by atoms with Crippen molar-refractivity contribution in [3.8, 4) is 0 Å². The van der Waals surface area contributed by atoms with E-state index in [-0.39, 0.29) is 4.75 Å². The maximum absolute atomic E-state index is 12.0. The molecule has 0 fully saturated rings. The molecule has 19 heavy (non-hydrogen) atoms. The molecule has 3 nitrogen and oxygen atoms in total. The number of nitrogens with zero attached hydrogens (tertiary/aromatic N) is 2. The summed E-state index contributed by atoms with van der Waals surface area (Å²) < 4.78 is 16.0. The van der Waals surface area contributed by atoms with Crippen LogP contribution < -0.4 is 0 Å². The zero-order valence-corrected chi connectivity index (χ0v) is 13.1. The molecule has 0 N–H and O–H groups in total. The van der Waals surface area contributed by atoms with Gasteiger partial charge in [0.05, 0.1) is 5.71 Å². The molecule has 0 bridgehead atoms. The highest BCUT2D eigenvalue weighted by atomic mass is 32.2. The molecule has 0 spiro atoms. The Morgan fingerprint density at radius 2 is 2.05 bits per heavy atom. The van der Waals surface area contributed by atoms with Crippen molar-refractivity contribution in [1.82, 2.24) is 4.90 Å². The molecule has 0 saturated heterocycles. The molecule has 0 aromatic carbocycles. The third kappa shape index (κ3) is 4.40. The minimum atomic E-state index is -1.24. The van der Waals surface area contributed by atoms with Crippen LogP contribution in [0.2, 0.25) is 0 Å². The summed E-state index contributed by atoms with van der Waals surface area (Å²) in [6, 6.07) is 0. The second-order valence-corrected chi connectivity index (χ2v) is 7.24. The van der Waals surface area contributed by atoms with Gasteiger partial charge in [0.1, 0.15) is 16.1 Å². The summed E-state index contributed by atoms with van der Waals surface area (Å²) in [4.78, 5) is 1.92. The second kappa shape index (κ2) is 6.26. The van der Waals surface area contributed by atoms with Gasteiger partial charge >= 0.3 is 0 Å². The van der Waals surface area contributed by atoms with E-state index in [0.29, 0.717) is 0 Å². The van der Waals surface area contributed by atoms with E-state index in [0.717, 1.165) is 17.0 Å². The lowest BCUT2D eigenvalue weighted by molar-refractivity contribution is 0.561. The van der Waals surface area contributed by atoms with Crippen LogP contribution in [0.15, 0.2) is 52.9 Å². The van der Waals surface area contributed by atoms with Gasteiger partial charge in [-0.2, -0.15) is 0 Å². The van der Waals surface area contributed by atoms with Crippen LogP contribution in [-0.2, 0) is 11.4 Å². The molecule has 1 heterocycles. The van der Waals surface area contributed by atoms with Gasteiger partial charge in [-0.3, -0.25) is 0 Å². The van der Waals surface area contributed by atoms with Crippen molar-refractivity contribution in [2.75, 3.05) is 0 Å². The zero-order chi connectivity index (χ0) is 14.6. The average Bonchev–Trinajstić information content (AvgIpc) is 2.30. The monoisotopic (exact) mass is 278 g/mol. The van der Waals surface area contributed by atoms with Gasteiger partial charge in [0.25, 0.3) is 0 Å². The molecule has 104 valence electrons. The minimum Gasteiger partial charge on any atom is -0.591 e. The lowest BCUT2D eigenvalue weighted by atomic mass is 10.1. The van der Waals surface area contributed by atoms with E-state index >= 15 is 0 Å². The number of hydrogen-bond acceptors (Lipinski definition) is 3. The van der Waals surface area contributed by atoms with Crippen LogP contribution in [0.25, 0.3) is 0 Å². The summed E-state index contributed by atoms with van der Waals surface area (Å²) in [5, 5.41) is 0. The Morgan fingerprint density at radius 1 is 1.42 bits per heavy atom. The lowest BCUT2D eigenvalue weighted by Crippen LogP contribution is -2.27. The van der Waals surface area contributed by atoms with Gasteiger partial charge < -0.3 is 9.45 Å². The van der Waals surface area contributed by atoms with E-state index < -0.39 is 11.4 Å². The van der Waals surface area contributed by atoms with E-state index in [4.69, 9.17) is 0 Å². The van der Waals surface area contributed by atoms with E-state index in [1.165, 1.54) is 0 Å². The van der Waals surface area contributed by atoms with Crippen molar-refractivity contribution >= 4 is 17.1 Å². The highest BCUT2D eigenvalue weighted by Crippen LogP contribution is 2.21. The second-order valence-electron chi connectivity index (χ2n) is 5.34. The van der Waals surface area contributed by atoms with Gasteiger partial charge in [0.15, 0.2) is 0 Å². The Balaban J connectivity index is 2.97. The SMILES string of the molecule is C=C1C=CC(C(C)=N[S+]([O-])C(C)(C)C)=CN1/C=C\C. The smallest absolute Gasteiger partial charge is 0.144 e. The Hall–Kier alpha value is -1.26. The fourth-order valence-corrected chi connectivity index (χ4v) is 2.00. The van der Waals surface area contributed by atoms with Crippen LogP contribution in [0.1, 0.15) is 34.6 Å². The fourth-order valence-electron chi connectivity index (χ4n) is 1.38. The summed E-state index contributed by atoms with van der Waals surface area (Å²) in [5.41, 5.74) is 2.61. The maximum atomic E-state index is 12.0. The van der Waals surface area contributed by atoms with Gasteiger partial charge in [-0.15, -0.1) is 0 Å². The largest absolute Gasteiger partial charge is 0.591 e. The van der Waals surface area contributed by atoms with Gasteiger partial charge in [-0.25, -0.2) is 0 Å². The van der Waals surface area contributed by atoms with E-state index in [1.54, 1.807) is 0 Å². The topological polar surface area (TPSA) is 38.7 Å². The molecule has 4 heteroatoms. The molecule has 1 unspecified atom stereocenters. The molecule has 0 aromatic heterocycles. The Kier molecular flexibility index (Phi) is 5.20. The molecular weight excluding hydrogens is 256 g/mol. The van der Waals surface area contributed by atoms with E-state index in [9.17, 15) is 4.55 Å². The van der Waals surface area contributed by atoms with Crippen LogP contribution in [0.3, 0.4) is 0 Å². The van der Waals surface area contributed by atoms with Crippen LogP contribution in [0.5, 0.6) is 0 Å². The predicted octanol–water partition coefficient (Wildman–Crippen LogP) is 3.71. The number of rotatable bonds is 3. The molecule has 1 aliphatic rings. The molecular formula is C15H22N2OS. The highest BCUT2D eigenvalue weighted by Gasteiger charge is 2.27. The first-order valence-corrected chi connectivity index (χ1v) is 7.34. The molecule has 0 aliphatic carbocycles. The average molecular weight is 278 g/mol.